The highest BCUT2D eigenvalue weighted by molar-refractivity contribution is 5.92. The van der Waals surface area contributed by atoms with Gasteiger partial charge in [0.2, 0.25) is 11.2 Å². The van der Waals surface area contributed by atoms with Crippen molar-refractivity contribution in [2.75, 3.05) is 0 Å². The Labute approximate surface area is 237 Å². The molecule has 0 radical (unpaired) electrons. The van der Waals surface area contributed by atoms with E-state index in [2.05, 4.69) is 0 Å². The molecule has 0 N–H and O–H groups in total. The molecule has 10 heteroatoms. The molecule has 0 amide bonds. The van der Waals surface area contributed by atoms with Crippen LogP contribution in [0.15, 0.2) is 45.6 Å². The Kier molecular flexibility index (Phi) is 11.2. The molecule has 0 fully saturated rings. The van der Waals surface area contributed by atoms with Crippen molar-refractivity contribution in [3.63, 3.8) is 0 Å². The number of benzene rings is 2. The monoisotopic (exact) mass is 566 g/mol. The molecular weight excluding hydrogens is 532 g/mol. The average Bonchev–Trinajstić information content (AvgIpc) is 2.91. The standard InChI is InChI=1S/C31H34O10/c1-5-9-24(32)37-20-15-13-19(14-16-20)30-31(41-27(35)12-8-4)29(36)28-22(39-26(34)11-7-3)17-21(18-23(28)40-30)38-25(33)10-6-2/h13-18H,5-12H2,1-4H3. The van der Waals surface area contributed by atoms with E-state index in [1.54, 1.807) is 26.0 Å². The highest BCUT2D eigenvalue weighted by Gasteiger charge is 2.25. The van der Waals surface area contributed by atoms with Crippen molar-refractivity contribution in [3.8, 4) is 34.3 Å². The summed E-state index contributed by atoms with van der Waals surface area (Å²) in [6.45, 7) is 7.27. The van der Waals surface area contributed by atoms with E-state index in [9.17, 15) is 24.0 Å². The van der Waals surface area contributed by atoms with Gasteiger partial charge in [-0.15, -0.1) is 0 Å². The predicted octanol–water partition coefficient (Wildman–Crippen LogP) is 6.28. The number of esters is 4. The lowest BCUT2D eigenvalue weighted by Gasteiger charge is -2.14. The normalized spacial score (nSPS) is 10.7. The van der Waals surface area contributed by atoms with Crippen molar-refractivity contribution >= 4 is 34.8 Å². The first-order valence-electron chi connectivity index (χ1n) is 13.8. The van der Waals surface area contributed by atoms with Crippen LogP contribution in [-0.4, -0.2) is 23.9 Å². The highest BCUT2D eigenvalue weighted by Crippen LogP contribution is 2.37. The number of hydrogen-bond acceptors (Lipinski definition) is 10. The summed E-state index contributed by atoms with van der Waals surface area (Å²) in [5.74, 6) is -2.52. The zero-order valence-electron chi connectivity index (χ0n) is 23.7. The maximum Gasteiger partial charge on any atom is 0.311 e. The van der Waals surface area contributed by atoms with Gasteiger partial charge in [-0.2, -0.15) is 0 Å². The molecule has 0 bridgehead atoms. The lowest BCUT2D eigenvalue weighted by atomic mass is 10.1. The number of carbonyl (C=O) groups is 4. The van der Waals surface area contributed by atoms with Crippen molar-refractivity contribution in [1.29, 1.82) is 0 Å². The number of carbonyl (C=O) groups excluding carboxylic acids is 4. The van der Waals surface area contributed by atoms with Gasteiger partial charge in [-0.25, -0.2) is 0 Å². The quantitative estimate of drug-likeness (QED) is 0.172. The lowest BCUT2D eigenvalue weighted by Crippen LogP contribution is -2.17. The molecule has 0 aliphatic heterocycles. The van der Waals surface area contributed by atoms with E-state index >= 15 is 0 Å². The van der Waals surface area contributed by atoms with Crippen molar-refractivity contribution in [2.24, 2.45) is 0 Å². The van der Waals surface area contributed by atoms with E-state index in [4.69, 9.17) is 23.4 Å². The summed E-state index contributed by atoms with van der Waals surface area (Å²) in [6.07, 6.45) is 2.72. The Balaban J connectivity index is 2.22. The van der Waals surface area contributed by atoms with E-state index in [-0.39, 0.29) is 65.6 Å². The molecule has 0 aliphatic rings. The second-order valence-corrected chi connectivity index (χ2v) is 9.30. The van der Waals surface area contributed by atoms with Crippen molar-refractivity contribution in [2.45, 2.75) is 79.1 Å². The van der Waals surface area contributed by atoms with Gasteiger partial charge in [-0.1, -0.05) is 27.7 Å². The topological polar surface area (TPSA) is 135 Å². The average molecular weight is 567 g/mol. The molecule has 1 aromatic heterocycles. The van der Waals surface area contributed by atoms with Crippen LogP contribution in [-0.2, 0) is 19.2 Å². The molecule has 10 nitrogen and oxygen atoms in total. The lowest BCUT2D eigenvalue weighted by molar-refractivity contribution is -0.135. The highest BCUT2D eigenvalue weighted by atomic mass is 16.6. The molecule has 3 rings (SSSR count). The van der Waals surface area contributed by atoms with Gasteiger partial charge >= 0.3 is 23.9 Å². The van der Waals surface area contributed by atoms with Gasteiger partial charge in [0.1, 0.15) is 28.2 Å². The second-order valence-electron chi connectivity index (χ2n) is 9.30. The minimum absolute atomic E-state index is 0.0123. The Morgan fingerprint density at radius 2 is 1.12 bits per heavy atom. The Bertz CT molecular complexity index is 1470. The van der Waals surface area contributed by atoms with Crippen LogP contribution in [0.2, 0.25) is 0 Å². The maximum atomic E-state index is 13.8. The first kappa shape index (κ1) is 31.1. The zero-order valence-corrected chi connectivity index (χ0v) is 23.7. The number of fused-ring (bicyclic) bond motifs is 1. The summed E-state index contributed by atoms with van der Waals surface area (Å²) in [7, 11) is 0. The molecule has 3 aromatic rings. The van der Waals surface area contributed by atoms with E-state index in [0.717, 1.165) is 0 Å². The molecule has 218 valence electrons. The fourth-order valence-electron chi connectivity index (χ4n) is 3.86. The smallest absolute Gasteiger partial charge is 0.311 e. The molecular formula is C31H34O10. The van der Waals surface area contributed by atoms with Gasteiger partial charge in [-0.3, -0.25) is 24.0 Å². The van der Waals surface area contributed by atoms with Gasteiger partial charge in [0.15, 0.2) is 5.76 Å². The molecule has 0 unspecified atom stereocenters. The van der Waals surface area contributed by atoms with Crippen LogP contribution in [0.25, 0.3) is 22.3 Å². The van der Waals surface area contributed by atoms with Crippen LogP contribution >= 0.6 is 0 Å². The van der Waals surface area contributed by atoms with Gasteiger partial charge < -0.3 is 23.4 Å². The summed E-state index contributed by atoms with van der Waals surface area (Å²) in [6, 6.07) is 8.73. The van der Waals surface area contributed by atoms with Crippen LogP contribution < -0.4 is 24.4 Å². The summed E-state index contributed by atoms with van der Waals surface area (Å²) in [5, 5.41) is -0.155. The second kappa shape index (κ2) is 14.8. The zero-order chi connectivity index (χ0) is 29.9. The van der Waals surface area contributed by atoms with Crippen LogP contribution in [0.3, 0.4) is 0 Å². The van der Waals surface area contributed by atoms with E-state index in [1.807, 2.05) is 13.8 Å². The summed E-state index contributed by atoms with van der Waals surface area (Å²) in [5.41, 5.74) is -0.466. The van der Waals surface area contributed by atoms with Gasteiger partial charge in [0.05, 0.1) is 0 Å². The van der Waals surface area contributed by atoms with Crippen LogP contribution in [0.5, 0.6) is 23.0 Å². The molecule has 0 atom stereocenters. The third kappa shape index (κ3) is 8.26. The summed E-state index contributed by atoms with van der Waals surface area (Å²) < 4.78 is 27.8. The van der Waals surface area contributed by atoms with Crippen molar-refractivity contribution < 1.29 is 42.5 Å². The van der Waals surface area contributed by atoms with Crippen LogP contribution in [0.4, 0.5) is 0 Å². The SMILES string of the molecule is CCCC(=O)Oc1ccc(-c2oc3cc(OC(=O)CCC)cc(OC(=O)CCC)c3c(=O)c2OC(=O)CCC)cc1. The molecule has 0 saturated heterocycles. The van der Waals surface area contributed by atoms with E-state index in [1.165, 1.54) is 24.3 Å². The summed E-state index contributed by atoms with van der Waals surface area (Å²) >= 11 is 0. The summed E-state index contributed by atoms with van der Waals surface area (Å²) in [4.78, 5) is 62.8. The fraction of sp³-hybridized carbons (Fsp3) is 0.387. The van der Waals surface area contributed by atoms with Crippen LogP contribution in [0.1, 0.15) is 79.1 Å². The third-order valence-electron chi connectivity index (χ3n) is 5.73. The van der Waals surface area contributed by atoms with Gasteiger partial charge in [0.25, 0.3) is 0 Å². The fourth-order valence-corrected chi connectivity index (χ4v) is 3.86. The van der Waals surface area contributed by atoms with Crippen molar-refractivity contribution in [3.05, 3.63) is 46.6 Å². The largest absolute Gasteiger partial charge is 0.452 e. The predicted molar refractivity (Wildman–Crippen MR) is 150 cm³/mol. The molecule has 0 saturated carbocycles. The first-order valence-corrected chi connectivity index (χ1v) is 13.8. The molecule has 0 spiro atoms. The van der Waals surface area contributed by atoms with Crippen LogP contribution in [0, 0.1) is 0 Å². The van der Waals surface area contributed by atoms with Gasteiger partial charge in [0, 0.05) is 43.4 Å². The van der Waals surface area contributed by atoms with Gasteiger partial charge in [-0.05, 0) is 49.9 Å². The molecule has 0 aliphatic carbocycles. The Hall–Kier alpha value is -4.47. The number of rotatable bonds is 13. The maximum absolute atomic E-state index is 13.8. The molecule has 2 aromatic carbocycles. The number of hydrogen-bond donors (Lipinski definition) is 0. The Morgan fingerprint density at radius 1 is 0.634 bits per heavy atom. The van der Waals surface area contributed by atoms with Crippen molar-refractivity contribution in [1.82, 2.24) is 0 Å². The molecule has 1 heterocycles. The number of ether oxygens (including phenoxy) is 4. The molecule has 41 heavy (non-hydrogen) atoms. The van der Waals surface area contributed by atoms with E-state index < -0.39 is 29.1 Å². The Morgan fingerprint density at radius 3 is 1.66 bits per heavy atom. The van der Waals surface area contributed by atoms with E-state index in [0.29, 0.717) is 31.2 Å². The first-order chi connectivity index (χ1) is 19.7. The minimum Gasteiger partial charge on any atom is -0.452 e. The third-order valence-corrected chi connectivity index (χ3v) is 5.73. The minimum atomic E-state index is -0.755.